The van der Waals surface area contributed by atoms with E-state index in [0.29, 0.717) is 11.3 Å². The van der Waals surface area contributed by atoms with Crippen molar-refractivity contribution in [3.63, 3.8) is 0 Å². The topological polar surface area (TPSA) is 53.7 Å². The minimum absolute atomic E-state index is 0.0426. The smallest absolute Gasteiger partial charge is 0.257 e. The Bertz CT molecular complexity index is 319. The minimum Gasteiger partial charge on any atom is -0.469 e. The van der Waals surface area contributed by atoms with Crippen molar-refractivity contribution >= 4 is 5.91 Å². The van der Waals surface area contributed by atoms with Gasteiger partial charge in [-0.2, -0.15) is 0 Å². The SMILES string of the molecule is Cc1cc(C(=O)N(C)C(C)CO)co1. The highest BCUT2D eigenvalue weighted by Gasteiger charge is 2.17. The number of carbonyl (C=O) groups excluding carboxylic acids is 1. The van der Waals surface area contributed by atoms with E-state index in [1.807, 2.05) is 0 Å². The molecule has 1 N–H and O–H groups in total. The highest BCUT2D eigenvalue weighted by Crippen LogP contribution is 2.10. The Morgan fingerprint density at radius 1 is 1.71 bits per heavy atom. The number of carbonyl (C=O) groups is 1. The summed E-state index contributed by atoms with van der Waals surface area (Å²) < 4.78 is 5.04. The average molecular weight is 197 g/mol. The maximum atomic E-state index is 11.7. The number of aliphatic hydroxyl groups excluding tert-OH is 1. The van der Waals surface area contributed by atoms with Crippen LogP contribution in [0.3, 0.4) is 0 Å². The van der Waals surface area contributed by atoms with Gasteiger partial charge in [-0.1, -0.05) is 0 Å². The van der Waals surface area contributed by atoms with Crippen LogP contribution in [0.2, 0.25) is 0 Å². The van der Waals surface area contributed by atoms with E-state index in [9.17, 15) is 4.79 Å². The molecule has 1 unspecified atom stereocenters. The molecule has 0 aliphatic rings. The summed E-state index contributed by atoms with van der Waals surface area (Å²) in [5.74, 6) is 0.571. The third-order valence-corrected chi connectivity index (χ3v) is 2.22. The number of nitrogens with zero attached hydrogens (tertiary/aromatic N) is 1. The third kappa shape index (κ3) is 2.14. The van der Waals surface area contributed by atoms with E-state index >= 15 is 0 Å². The van der Waals surface area contributed by atoms with Crippen molar-refractivity contribution in [2.75, 3.05) is 13.7 Å². The molecule has 0 aromatic carbocycles. The van der Waals surface area contributed by atoms with E-state index in [2.05, 4.69) is 0 Å². The maximum absolute atomic E-state index is 11.7. The molecule has 4 heteroatoms. The monoisotopic (exact) mass is 197 g/mol. The summed E-state index contributed by atoms with van der Waals surface area (Å²) in [6.45, 7) is 3.52. The van der Waals surface area contributed by atoms with Gasteiger partial charge in [0.2, 0.25) is 0 Å². The van der Waals surface area contributed by atoms with Gasteiger partial charge in [0.05, 0.1) is 18.2 Å². The Morgan fingerprint density at radius 3 is 2.79 bits per heavy atom. The van der Waals surface area contributed by atoms with Crippen LogP contribution in [0.5, 0.6) is 0 Å². The molecule has 0 bridgehead atoms. The Morgan fingerprint density at radius 2 is 2.36 bits per heavy atom. The molecule has 0 aliphatic heterocycles. The van der Waals surface area contributed by atoms with Crippen molar-refractivity contribution in [2.24, 2.45) is 0 Å². The van der Waals surface area contributed by atoms with Gasteiger partial charge in [-0.3, -0.25) is 4.79 Å². The Labute approximate surface area is 83.1 Å². The van der Waals surface area contributed by atoms with Crippen LogP contribution in [0.4, 0.5) is 0 Å². The van der Waals surface area contributed by atoms with Gasteiger partial charge in [-0.15, -0.1) is 0 Å². The van der Waals surface area contributed by atoms with E-state index < -0.39 is 0 Å². The summed E-state index contributed by atoms with van der Waals surface area (Å²) in [5, 5.41) is 8.89. The third-order valence-electron chi connectivity index (χ3n) is 2.22. The summed E-state index contributed by atoms with van der Waals surface area (Å²) in [5.41, 5.74) is 0.519. The quantitative estimate of drug-likeness (QED) is 0.787. The first kappa shape index (κ1) is 10.8. The second kappa shape index (κ2) is 4.28. The molecular weight excluding hydrogens is 182 g/mol. The van der Waals surface area contributed by atoms with Crippen molar-refractivity contribution in [1.29, 1.82) is 0 Å². The first-order valence-corrected chi connectivity index (χ1v) is 4.49. The lowest BCUT2D eigenvalue weighted by atomic mass is 10.2. The fourth-order valence-corrected chi connectivity index (χ4v) is 1.08. The van der Waals surface area contributed by atoms with Gasteiger partial charge in [0, 0.05) is 7.05 Å². The van der Waals surface area contributed by atoms with E-state index in [0.717, 1.165) is 0 Å². The second-order valence-electron chi connectivity index (χ2n) is 3.39. The minimum atomic E-state index is -0.183. The predicted molar refractivity (Wildman–Crippen MR) is 52.1 cm³/mol. The van der Waals surface area contributed by atoms with E-state index in [1.165, 1.54) is 11.2 Å². The second-order valence-corrected chi connectivity index (χ2v) is 3.39. The highest BCUT2D eigenvalue weighted by molar-refractivity contribution is 5.94. The number of amides is 1. The van der Waals surface area contributed by atoms with Crippen LogP contribution in [-0.2, 0) is 0 Å². The molecule has 1 aromatic heterocycles. The molecule has 1 aromatic rings. The van der Waals surface area contributed by atoms with Crippen LogP contribution in [0.15, 0.2) is 16.7 Å². The Hall–Kier alpha value is -1.29. The highest BCUT2D eigenvalue weighted by atomic mass is 16.3. The summed E-state index contributed by atoms with van der Waals surface area (Å²) in [4.78, 5) is 13.2. The summed E-state index contributed by atoms with van der Waals surface area (Å²) in [7, 11) is 1.66. The van der Waals surface area contributed by atoms with Crippen LogP contribution in [0, 0.1) is 6.92 Å². The summed E-state index contributed by atoms with van der Waals surface area (Å²) >= 11 is 0. The van der Waals surface area contributed by atoms with Gasteiger partial charge in [-0.05, 0) is 19.9 Å². The normalized spacial score (nSPS) is 12.6. The fourth-order valence-electron chi connectivity index (χ4n) is 1.08. The molecule has 0 radical (unpaired) electrons. The zero-order valence-electron chi connectivity index (χ0n) is 8.65. The number of rotatable bonds is 3. The lowest BCUT2D eigenvalue weighted by molar-refractivity contribution is 0.0681. The van der Waals surface area contributed by atoms with Gasteiger partial charge in [0.15, 0.2) is 0 Å². The van der Waals surface area contributed by atoms with E-state index in [1.54, 1.807) is 27.0 Å². The zero-order chi connectivity index (χ0) is 10.7. The molecule has 1 rings (SSSR count). The number of furan rings is 1. The lowest BCUT2D eigenvalue weighted by Crippen LogP contribution is -2.37. The molecule has 0 fully saturated rings. The summed E-state index contributed by atoms with van der Waals surface area (Å²) in [6.07, 6.45) is 1.43. The van der Waals surface area contributed by atoms with E-state index in [4.69, 9.17) is 9.52 Å². The molecule has 0 spiro atoms. The molecular formula is C10H15NO3. The first-order chi connectivity index (χ1) is 6.56. The van der Waals surface area contributed by atoms with Crippen molar-refractivity contribution in [3.8, 4) is 0 Å². The first-order valence-electron chi connectivity index (χ1n) is 4.49. The summed E-state index contributed by atoms with van der Waals surface area (Å²) in [6, 6.07) is 1.50. The van der Waals surface area contributed by atoms with Crippen LogP contribution < -0.4 is 0 Å². The maximum Gasteiger partial charge on any atom is 0.257 e. The number of hydrogen-bond donors (Lipinski definition) is 1. The largest absolute Gasteiger partial charge is 0.469 e. The molecule has 0 aliphatic carbocycles. The molecule has 1 heterocycles. The zero-order valence-corrected chi connectivity index (χ0v) is 8.65. The van der Waals surface area contributed by atoms with Gasteiger partial charge < -0.3 is 14.4 Å². The number of aryl methyl sites for hydroxylation is 1. The van der Waals surface area contributed by atoms with Crippen LogP contribution in [-0.4, -0.2) is 35.6 Å². The molecule has 78 valence electrons. The molecule has 1 amide bonds. The van der Waals surface area contributed by atoms with Gasteiger partial charge in [0.1, 0.15) is 12.0 Å². The molecule has 1 atom stereocenters. The number of hydrogen-bond acceptors (Lipinski definition) is 3. The molecule has 14 heavy (non-hydrogen) atoms. The van der Waals surface area contributed by atoms with Crippen molar-refractivity contribution in [3.05, 3.63) is 23.7 Å². The average Bonchev–Trinajstić information content (AvgIpc) is 2.61. The lowest BCUT2D eigenvalue weighted by Gasteiger charge is -2.22. The van der Waals surface area contributed by atoms with Crippen molar-refractivity contribution in [1.82, 2.24) is 4.90 Å². The molecule has 4 nitrogen and oxygen atoms in total. The predicted octanol–water partition coefficient (Wildman–Crippen LogP) is 1.04. The van der Waals surface area contributed by atoms with Gasteiger partial charge in [0.25, 0.3) is 5.91 Å². The number of likely N-dealkylation sites (N-methyl/N-ethyl adjacent to an activating group) is 1. The number of aliphatic hydroxyl groups is 1. The van der Waals surface area contributed by atoms with Gasteiger partial charge >= 0.3 is 0 Å². The van der Waals surface area contributed by atoms with Crippen LogP contribution in [0.1, 0.15) is 23.0 Å². The Balaban J connectivity index is 2.75. The fraction of sp³-hybridized carbons (Fsp3) is 0.500. The van der Waals surface area contributed by atoms with Gasteiger partial charge in [-0.25, -0.2) is 0 Å². The van der Waals surface area contributed by atoms with Crippen molar-refractivity contribution in [2.45, 2.75) is 19.9 Å². The molecule has 0 saturated heterocycles. The Kier molecular flexibility index (Phi) is 3.30. The van der Waals surface area contributed by atoms with Crippen LogP contribution in [0.25, 0.3) is 0 Å². The molecule has 0 saturated carbocycles. The van der Waals surface area contributed by atoms with E-state index in [-0.39, 0.29) is 18.6 Å². The van der Waals surface area contributed by atoms with Crippen molar-refractivity contribution < 1.29 is 14.3 Å². The standard InChI is InChI=1S/C10H15NO3/c1-7(5-12)11(3)10(13)9-4-8(2)14-6-9/h4,6-7,12H,5H2,1-3H3. The van der Waals surface area contributed by atoms with Crippen LogP contribution >= 0.6 is 0 Å².